The molecular weight excluding hydrogens is 222 g/mol. The van der Waals surface area contributed by atoms with Gasteiger partial charge in [0.15, 0.2) is 0 Å². The molecule has 1 aliphatic heterocycles. The summed E-state index contributed by atoms with van der Waals surface area (Å²) in [5.41, 5.74) is 2.87. The van der Waals surface area contributed by atoms with Crippen LogP contribution in [0.25, 0.3) is 0 Å². The van der Waals surface area contributed by atoms with E-state index in [2.05, 4.69) is 36.6 Å². The van der Waals surface area contributed by atoms with Crippen molar-refractivity contribution in [3.05, 3.63) is 35.4 Å². The summed E-state index contributed by atoms with van der Waals surface area (Å²) in [6, 6.07) is 9.22. The number of likely N-dealkylation sites (N-methyl/N-ethyl adjacent to an activating group) is 1. The molecule has 1 aromatic carbocycles. The van der Waals surface area contributed by atoms with E-state index in [0.717, 1.165) is 18.9 Å². The minimum atomic E-state index is 0.249. The van der Waals surface area contributed by atoms with Crippen molar-refractivity contribution in [2.45, 2.75) is 44.2 Å². The van der Waals surface area contributed by atoms with E-state index in [9.17, 15) is 0 Å². The lowest BCUT2D eigenvalue weighted by atomic mass is 9.91. The van der Waals surface area contributed by atoms with Gasteiger partial charge in [0.25, 0.3) is 0 Å². The summed E-state index contributed by atoms with van der Waals surface area (Å²) in [7, 11) is 2.07. The molecule has 2 unspecified atom stereocenters. The minimum absolute atomic E-state index is 0.249. The summed E-state index contributed by atoms with van der Waals surface area (Å²) >= 11 is 0. The predicted molar refractivity (Wildman–Crippen MR) is 73.6 cm³/mol. The van der Waals surface area contributed by atoms with Gasteiger partial charge in [0.05, 0.1) is 12.7 Å². The SMILES string of the molecule is CNC(CCC1CC1)C1OCCc2ccccc21. The Labute approximate surface area is 110 Å². The van der Waals surface area contributed by atoms with Gasteiger partial charge in [-0.25, -0.2) is 0 Å². The van der Waals surface area contributed by atoms with Crippen LogP contribution in [0.15, 0.2) is 24.3 Å². The van der Waals surface area contributed by atoms with Crippen LogP contribution in [0.1, 0.15) is 42.9 Å². The van der Waals surface area contributed by atoms with E-state index in [1.165, 1.54) is 36.8 Å². The molecule has 1 aromatic rings. The minimum Gasteiger partial charge on any atom is -0.372 e. The zero-order valence-corrected chi connectivity index (χ0v) is 11.2. The van der Waals surface area contributed by atoms with Gasteiger partial charge in [-0.05, 0) is 43.4 Å². The van der Waals surface area contributed by atoms with Crippen LogP contribution in [-0.4, -0.2) is 19.7 Å². The van der Waals surface area contributed by atoms with Crippen LogP contribution in [0.2, 0.25) is 0 Å². The lowest BCUT2D eigenvalue weighted by molar-refractivity contribution is 0.0143. The molecule has 1 aliphatic carbocycles. The third-order valence-electron chi connectivity index (χ3n) is 4.35. The maximum atomic E-state index is 6.05. The van der Waals surface area contributed by atoms with Crippen LogP contribution in [0.4, 0.5) is 0 Å². The van der Waals surface area contributed by atoms with E-state index in [4.69, 9.17) is 4.74 Å². The Morgan fingerprint density at radius 2 is 2.17 bits per heavy atom. The summed E-state index contributed by atoms with van der Waals surface area (Å²) in [5.74, 6) is 1.000. The average Bonchev–Trinajstić information content (AvgIpc) is 3.24. The topological polar surface area (TPSA) is 21.3 Å². The monoisotopic (exact) mass is 245 g/mol. The second-order valence-electron chi connectivity index (χ2n) is 5.66. The van der Waals surface area contributed by atoms with Crippen LogP contribution >= 0.6 is 0 Å². The van der Waals surface area contributed by atoms with E-state index in [1.54, 1.807) is 0 Å². The summed E-state index contributed by atoms with van der Waals surface area (Å²) in [5, 5.41) is 3.47. The number of benzene rings is 1. The van der Waals surface area contributed by atoms with E-state index in [0.29, 0.717) is 6.04 Å². The zero-order chi connectivity index (χ0) is 12.4. The van der Waals surface area contributed by atoms with Crippen molar-refractivity contribution in [2.24, 2.45) is 5.92 Å². The van der Waals surface area contributed by atoms with Crippen molar-refractivity contribution < 1.29 is 4.74 Å². The standard InChI is InChI=1S/C16H23NO/c1-17-15(9-8-12-6-7-12)16-14-5-3-2-4-13(14)10-11-18-16/h2-5,12,15-17H,6-11H2,1H3. The molecule has 1 saturated carbocycles. The van der Waals surface area contributed by atoms with Crippen LogP contribution in [0, 0.1) is 5.92 Å². The fraction of sp³-hybridized carbons (Fsp3) is 0.625. The van der Waals surface area contributed by atoms with E-state index < -0.39 is 0 Å². The molecule has 0 amide bonds. The Kier molecular flexibility index (Phi) is 3.67. The van der Waals surface area contributed by atoms with Crippen molar-refractivity contribution in [2.75, 3.05) is 13.7 Å². The molecule has 2 atom stereocenters. The fourth-order valence-corrected chi connectivity index (χ4v) is 3.03. The molecule has 3 rings (SSSR count). The van der Waals surface area contributed by atoms with Crippen molar-refractivity contribution in [1.29, 1.82) is 0 Å². The van der Waals surface area contributed by atoms with Crippen molar-refractivity contribution in [3.8, 4) is 0 Å². The molecule has 2 heteroatoms. The van der Waals surface area contributed by atoms with E-state index >= 15 is 0 Å². The Morgan fingerprint density at radius 1 is 1.33 bits per heavy atom. The van der Waals surface area contributed by atoms with Crippen LogP contribution in [-0.2, 0) is 11.2 Å². The van der Waals surface area contributed by atoms with Gasteiger partial charge in [-0.2, -0.15) is 0 Å². The molecule has 0 bridgehead atoms. The smallest absolute Gasteiger partial charge is 0.0980 e. The van der Waals surface area contributed by atoms with Gasteiger partial charge in [-0.1, -0.05) is 37.1 Å². The lowest BCUT2D eigenvalue weighted by Crippen LogP contribution is -2.36. The Bertz CT molecular complexity index is 400. The van der Waals surface area contributed by atoms with Crippen LogP contribution in [0.5, 0.6) is 0 Å². The Morgan fingerprint density at radius 3 is 2.94 bits per heavy atom. The second kappa shape index (κ2) is 5.41. The quantitative estimate of drug-likeness (QED) is 0.860. The third kappa shape index (κ3) is 2.60. The normalized spacial score (nSPS) is 24.6. The molecule has 1 N–H and O–H groups in total. The highest BCUT2D eigenvalue weighted by atomic mass is 16.5. The van der Waals surface area contributed by atoms with Gasteiger partial charge < -0.3 is 10.1 Å². The Balaban J connectivity index is 1.73. The highest BCUT2D eigenvalue weighted by Gasteiger charge is 2.29. The molecular formula is C16H23NO. The first kappa shape index (κ1) is 12.2. The predicted octanol–water partition coefficient (Wildman–Crippen LogP) is 3.08. The number of ether oxygens (including phenoxy) is 1. The lowest BCUT2D eigenvalue weighted by Gasteiger charge is -2.32. The van der Waals surface area contributed by atoms with Gasteiger partial charge in [-0.3, -0.25) is 0 Å². The number of rotatable bonds is 5. The van der Waals surface area contributed by atoms with E-state index in [-0.39, 0.29) is 6.10 Å². The largest absolute Gasteiger partial charge is 0.372 e. The molecule has 0 aromatic heterocycles. The number of hydrogen-bond donors (Lipinski definition) is 1. The van der Waals surface area contributed by atoms with Gasteiger partial charge in [0.2, 0.25) is 0 Å². The van der Waals surface area contributed by atoms with Crippen molar-refractivity contribution >= 4 is 0 Å². The average molecular weight is 245 g/mol. The van der Waals surface area contributed by atoms with Crippen molar-refractivity contribution in [3.63, 3.8) is 0 Å². The number of hydrogen-bond acceptors (Lipinski definition) is 2. The summed E-state index contributed by atoms with van der Waals surface area (Å²) in [6.07, 6.45) is 6.79. The molecule has 1 fully saturated rings. The third-order valence-corrected chi connectivity index (χ3v) is 4.35. The molecule has 18 heavy (non-hydrogen) atoms. The number of fused-ring (bicyclic) bond motifs is 1. The van der Waals surface area contributed by atoms with Gasteiger partial charge >= 0.3 is 0 Å². The molecule has 0 spiro atoms. The number of nitrogens with one attached hydrogen (secondary N) is 1. The van der Waals surface area contributed by atoms with Crippen LogP contribution in [0.3, 0.4) is 0 Å². The fourth-order valence-electron chi connectivity index (χ4n) is 3.03. The summed E-state index contributed by atoms with van der Waals surface area (Å²) < 4.78 is 6.05. The van der Waals surface area contributed by atoms with E-state index in [1.807, 2.05) is 0 Å². The Hall–Kier alpha value is -0.860. The zero-order valence-electron chi connectivity index (χ0n) is 11.2. The second-order valence-corrected chi connectivity index (χ2v) is 5.66. The first-order valence-corrected chi connectivity index (χ1v) is 7.25. The molecule has 0 radical (unpaired) electrons. The molecule has 98 valence electrons. The summed E-state index contributed by atoms with van der Waals surface area (Å²) in [4.78, 5) is 0. The van der Waals surface area contributed by atoms with Crippen molar-refractivity contribution in [1.82, 2.24) is 5.32 Å². The van der Waals surface area contributed by atoms with Gasteiger partial charge in [-0.15, -0.1) is 0 Å². The van der Waals surface area contributed by atoms with Crippen LogP contribution < -0.4 is 5.32 Å². The molecule has 0 saturated heterocycles. The molecule has 1 heterocycles. The molecule has 2 nitrogen and oxygen atoms in total. The highest BCUT2D eigenvalue weighted by Crippen LogP contribution is 2.37. The maximum absolute atomic E-state index is 6.05. The summed E-state index contributed by atoms with van der Waals surface area (Å²) in [6.45, 7) is 0.864. The maximum Gasteiger partial charge on any atom is 0.0980 e. The van der Waals surface area contributed by atoms with Gasteiger partial charge in [0.1, 0.15) is 0 Å². The van der Waals surface area contributed by atoms with Gasteiger partial charge in [0, 0.05) is 6.04 Å². The first-order chi connectivity index (χ1) is 8.88. The highest BCUT2D eigenvalue weighted by molar-refractivity contribution is 5.31. The first-order valence-electron chi connectivity index (χ1n) is 7.25. The molecule has 2 aliphatic rings.